The lowest BCUT2D eigenvalue weighted by Crippen LogP contribution is -2.54. The number of hydrogen-bond donors (Lipinski definition) is 0. The van der Waals surface area contributed by atoms with Crippen LogP contribution < -0.4 is 0 Å². The van der Waals surface area contributed by atoms with Gasteiger partial charge < -0.3 is 0 Å². The Morgan fingerprint density at radius 3 is 2.25 bits per heavy atom. The van der Waals surface area contributed by atoms with Crippen LogP contribution in [0.25, 0.3) is 0 Å². The molecule has 0 radical (unpaired) electrons. The first-order chi connectivity index (χ1) is 15.1. The third-order valence-corrected chi connectivity index (χ3v) is 11.2. The molecule has 0 nitrogen and oxygen atoms in total. The zero-order chi connectivity index (χ0) is 22.7. The molecule has 0 aliphatic heterocycles. The van der Waals surface area contributed by atoms with Crippen molar-refractivity contribution in [1.82, 2.24) is 0 Å². The summed E-state index contributed by atoms with van der Waals surface area (Å²) in [6, 6.07) is 9.04. The van der Waals surface area contributed by atoms with Crippen LogP contribution in [-0.4, -0.2) is 6.18 Å². The summed E-state index contributed by atoms with van der Waals surface area (Å²) in [5, 5.41) is 0. The Balaban J connectivity index is 1.28. The van der Waals surface area contributed by atoms with Crippen molar-refractivity contribution in [2.24, 2.45) is 46.3 Å². The third-order valence-electron chi connectivity index (χ3n) is 11.2. The van der Waals surface area contributed by atoms with Crippen LogP contribution in [0, 0.1) is 53.3 Å². The lowest BCUT2D eigenvalue weighted by atomic mass is 9.44. The Kier molecular flexibility index (Phi) is 5.73. The first-order valence-electron chi connectivity index (χ1n) is 13.2. The standard InChI is InChI=1S/C29H41F3/c1-19-4-6-20(7-5-19)8-9-21-11-13-25-24-12-10-22-18-23(29(30,31)32)14-16-28(22,3)26(24)15-17-27(21,25)2/h4-7,21-26H,8-18H2,1-3H3. The van der Waals surface area contributed by atoms with Gasteiger partial charge in [0.05, 0.1) is 5.92 Å². The second-order valence-corrected chi connectivity index (χ2v) is 12.5. The predicted octanol–water partition coefficient (Wildman–Crippen LogP) is 8.77. The van der Waals surface area contributed by atoms with Crippen LogP contribution >= 0.6 is 0 Å². The molecule has 0 spiro atoms. The van der Waals surface area contributed by atoms with Crippen LogP contribution in [0.3, 0.4) is 0 Å². The highest BCUT2D eigenvalue weighted by Gasteiger charge is 2.61. The second-order valence-electron chi connectivity index (χ2n) is 12.5. The zero-order valence-corrected chi connectivity index (χ0v) is 20.2. The van der Waals surface area contributed by atoms with E-state index in [1.807, 2.05) is 0 Å². The largest absolute Gasteiger partial charge is 0.391 e. The van der Waals surface area contributed by atoms with Crippen LogP contribution in [0.15, 0.2) is 24.3 Å². The average Bonchev–Trinajstić information content (AvgIpc) is 3.08. The van der Waals surface area contributed by atoms with Gasteiger partial charge in [-0.15, -0.1) is 0 Å². The third kappa shape index (κ3) is 3.74. The fourth-order valence-corrected chi connectivity index (χ4v) is 9.23. The summed E-state index contributed by atoms with van der Waals surface area (Å²) in [6.45, 7) is 7.11. The van der Waals surface area contributed by atoms with E-state index in [0.29, 0.717) is 24.2 Å². The first-order valence-corrected chi connectivity index (χ1v) is 13.2. The van der Waals surface area contributed by atoms with Gasteiger partial charge in [0.25, 0.3) is 0 Å². The highest BCUT2D eigenvalue weighted by Crippen LogP contribution is 2.68. The monoisotopic (exact) mass is 446 g/mol. The van der Waals surface area contributed by atoms with Crippen molar-refractivity contribution in [3.8, 4) is 0 Å². The Morgan fingerprint density at radius 2 is 1.53 bits per heavy atom. The van der Waals surface area contributed by atoms with Crippen LogP contribution in [0.5, 0.6) is 0 Å². The maximum absolute atomic E-state index is 13.4. The summed E-state index contributed by atoms with van der Waals surface area (Å²) in [4.78, 5) is 0. The van der Waals surface area contributed by atoms with E-state index >= 15 is 0 Å². The number of halogens is 3. The topological polar surface area (TPSA) is 0 Å². The molecule has 0 bridgehead atoms. The smallest absolute Gasteiger partial charge is 0.171 e. The molecule has 4 fully saturated rings. The minimum Gasteiger partial charge on any atom is -0.171 e. The van der Waals surface area contributed by atoms with E-state index in [-0.39, 0.29) is 11.3 Å². The fraction of sp³-hybridized carbons (Fsp3) is 0.793. The van der Waals surface area contributed by atoms with Crippen LogP contribution in [0.2, 0.25) is 0 Å². The maximum Gasteiger partial charge on any atom is 0.391 e. The summed E-state index contributed by atoms with van der Waals surface area (Å²) in [5.74, 6) is 2.24. The first kappa shape index (κ1) is 22.8. The minimum atomic E-state index is -4.00. The molecule has 8 atom stereocenters. The SMILES string of the molecule is Cc1ccc(CCC2CCC3C4CCC5CC(C(F)(F)F)CCC5(C)C4CCC23C)cc1. The van der Waals surface area contributed by atoms with Crippen LogP contribution in [0.4, 0.5) is 13.2 Å². The van der Waals surface area contributed by atoms with E-state index in [1.165, 1.54) is 56.1 Å². The van der Waals surface area contributed by atoms with Crippen molar-refractivity contribution < 1.29 is 13.2 Å². The van der Waals surface area contributed by atoms with E-state index < -0.39 is 12.1 Å². The molecule has 0 amide bonds. The highest BCUT2D eigenvalue weighted by atomic mass is 19.4. The van der Waals surface area contributed by atoms with Crippen LogP contribution in [0.1, 0.15) is 89.2 Å². The molecule has 4 aliphatic rings. The van der Waals surface area contributed by atoms with Crippen molar-refractivity contribution in [3.05, 3.63) is 35.4 Å². The number of hydrogen-bond acceptors (Lipinski definition) is 0. The van der Waals surface area contributed by atoms with Gasteiger partial charge in [0.2, 0.25) is 0 Å². The molecular formula is C29H41F3. The Morgan fingerprint density at radius 1 is 0.844 bits per heavy atom. The molecular weight excluding hydrogens is 405 g/mol. The summed E-state index contributed by atoms with van der Waals surface area (Å²) in [5.41, 5.74) is 3.38. The molecule has 178 valence electrons. The molecule has 0 N–H and O–H groups in total. The van der Waals surface area contributed by atoms with E-state index in [2.05, 4.69) is 45.0 Å². The van der Waals surface area contributed by atoms with Gasteiger partial charge >= 0.3 is 6.18 Å². The Hall–Kier alpha value is -0.990. The van der Waals surface area contributed by atoms with Gasteiger partial charge in [-0.1, -0.05) is 43.7 Å². The summed E-state index contributed by atoms with van der Waals surface area (Å²) < 4.78 is 40.3. The molecule has 0 aromatic heterocycles. The maximum atomic E-state index is 13.4. The van der Waals surface area contributed by atoms with Gasteiger partial charge in [-0.2, -0.15) is 13.2 Å². The van der Waals surface area contributed by atoms with E-state index in [1.54, 1.807) is 0 Å². The van der Waals surface area contributed by atoms with Gasteiger partial charge in [-0.3, -0.25) is 0 Å². The summed E-state index contributed by atoms with van der Waals surface area (Å²) in [6.07, 6.45) is 7.49. The van der Waals surface area contributed by atoms with E-state index in [9.17, 15) is 13.2 Å². The average molecular weight is 447 g/mol. The number of benzene rings is 1. The predicted molar refractivity (Wildman–Crippen MR) is 124 cm³/mol. The lowest BCUT2D eigenvalue weighted by molar-refractivity contribution is -0.208. The highest BCUT2D eigenvalue weighted by molar-refractivity contribution is 5.21. The van der Waals surface area contributed by atoms with Gasteiger partial charge in [0.15, 0.2) is 0 Å². The molecule has 32 heavy (non-hydrogen) atoms. The van der Waals surface area contributed by atoms with Crippen molar-refractivity contribution in [2.45, 2.75) is 97.6 Å². The molecule has 4 aliphatic carbocycles. The number of fused-ring (bicyclic) bond motifs is 5. The molecule has 1 aromatic rings. The van der Waals surface area contributed by atoms with E-state index in [0.717, 1.165) is 30.6 Å². The lowest BCUT2D eigenvalue weighted by Gasteiger charge is -2.61. The van der Waals surface area contributed by atoms with Gasteiger partial charge in [0.1, 0.15) is 0 Å². The molecule has 3 heteroatoms. The Labute approximate surface area is 192 Å². The molecule has 0 saturated heterocycles. The van der Waals surface area contributed by atoms with Crippen molar-refractivity contribution in [3.63, 3.8) is 0 Å². The van der Waals surface area contributed by atoms with Crippen molar-refractivity contribution in [1.29, 1.82) is 0 Å². The van der Waals surface area contributed by atoms with Crippen molar-refractivity contribution in [2.75, 3.05) is 0 Å². The molecule has 4 saturated carbocycles. The fourth-order valence-electron chi connectivity index (χ4n) is 9.23. The molecule has 0 heterocycles. The number of rotatable bonds is 3. The van der Waals surface area contributed by atoms with Gasteiger partial charge in [0, 0.05) is 0 Å². The van der Waals surface area contributed by atoms with E-state index in [4.69, 9.17) is 0 Å². The minimum absolute atomic E-state index is 0.145. The quantitative estimate of drug-likeness (QED) is 0.435. The Bertz CT molecular complexity index is 811. The normalized spacial score (nSPS) is 43.9. The number of alkyl halides is 3. The summed E-state index contributed by atoms with van der Waals surface area (Å²) >= 11 is 0. The zero-order valence-electron chi connectivity index (χ0n) is 20.2. The van der Waals surface area contributed by atoms with Crippen LogP contribution in [-0.2, 0) is 6.42 Å². The molecule has 8 unspecified atom stereocenters. The molecule has 5 rings (SSSR count). The molecule has 1 aromatic carbocycles. The number of aryl methyl sites for hydroxylation is 2. The van der Waals surface area contributed by atoms with Crippen molar-refractivity contribution >= 4 is 0 Å². The van der Waals surface area contributed by atoms with Gasteiger partial charge in [-0.25, -0.2) is 0 Å². The second kappa shape index (κ2) is 8.05. The van der Waals surface area contributed by atoms with Gasteiger partial charge in [-0.05, 0) is 124 Å². The summed E-state index contributed by atoms with van der Waals surface area (Å²) in [7, 11) is 0.